The number of rotatable bonds is 5. The molecule has 0 amide bonds. The van der Waals surface area contributed by atoms with E-state index in [1.54, 1.807) is 0 Å². The van der Waals surface area contributed by atoms with Gasteiger partial charge in [0.15, 0.2) is 5.82 Å². The Morgan fingerprint density at radius 3 is 2.96 bits per heavy atom. The van der Waals surface area contributed by atoms with Gasteiger partial charge in [0.25, 0.3) is 0 Å². The van der Waals surface area contributed by atoms with Crippen LogP contribution in [0.5, 0.6) is 0 Å². The van der Waals surface area contributed by atoms with Crippen molar-refractivity contribution >= 4 is 16.5 Å². The molecule has 0 saturated heterocycles. The number of hydrogen-bond donors (Lipinski definition) is 1. The van der Waals surface area contributed by atoms with E-state index in [0.29, 0.717) is 5.92 Å². The molecule has 4 rings (SSSR count). The fraction of sp³-hybridized carbons (Fsp3) is 0.400. The first-order valence-corrected chi connectivity index (χ1v) is 8.98. The van der Waals surface area contributed by atoms with Crippen molar-refractivity contribution in [3.8, 4) is 0 Å². The van der Waals surface area contributed by atoms with E-state index in [-0.39, 0.29) is 0 Å². The number of para-hydroxylation sites is 1. The highest BCUT2D eigenvalue weighted by atomic mass is 16.5. The number of nitrogens with one attached hydrogen (secondary N) is 1. The fourth-order valence-corrected chi connectivity index (χ4v) is 3.43. The van der Waals surface area contributed by atoms with Gasteiger partial charge >= 0.3 is 0 Å². The average molecular weight is 336 g/mol. The van der Waals surface area contributed by atoms with Gasteiger partial charge in [0, 0.05) is 42.2 Å². The Bertz CT molecular complexity index is 890. The topological polar surface area (TPSA) is 58.0 Å². The number of hydrogen-bond acceptors (Lipinski definition) is 4. The van der Waals surface area contributed by atoms with Crippen molar-refractivity contribution in [2.45, 2.75) is 33.2 Å². The summed E-state index contributed by atoms with van der Waals surface area (Å²) in [5.41, 5.74) is 3.94. The maximum absolute atomic E-state index is 5.40. The van der Waals surface area contributed by atoms with Crippen LogP contribution in [0.25, 0.3) is 16.5 Å². The summed E-state index contributed by atoms with van der Waals surface area (Å²) < 4.78 is 5.40. The summed E-state index contributed by atoms with van der Waals surface area (Å²) in [6.45, 7) is 6.97. The van der Waals surface area contributed by atoms with Crippen LogP contribution in [0.4, 0.5) is 0 Å². The predicted molar refractivity (Wildman–Crippen MR) is 99.0 cm³/mol. The Balaban J connectivity index is 1.43. The van der Waals surface area contributed by atoms with Gasteiger partial charge in [-0.3, -0.25) is 4.90 Å². The second-order valence-electron chi connectivity index (χ2n) is 7.16. The first-order valence-electron chi connectivity index (χ1n) is 8.98. The third kappa shape index (κ3) is 3.51. The zero-order valence-electron chi connectivity index (χ0n) is 14.8. The molecule has 1 aliphatic rings. The summed E-state index contributed by atoms with van der Waals surface area (Å²) in [5.74, 6) is 2.08. The largest absolute Gasteiger partial charge is 0.361 e. The lowest BCUT2D eigenvalue weighted by Crippen LogP contribution is -2.28. The molecule has 0 aliphatic carbocycles. The van der Waals surface area contributed by atoms with Gasteiger partial charge in [-0.2, -0.15) is 4.98 Å². The number of aromatic nitrogens is 3. The number of H-pyrrole nitrogens is 1. The molecular weight excluding hydrogens is 312 g/mol. The lowest BCUT2D eigenvalue weighted by Gasteiger charge is -2.24. The second-order valence-corrected chi connectivity index (χ2v) is 7.16. The van der Waals surface area contributed by atoms with Crippen LogP contribution in [0.2, 0.25) is 0 Å². The van der Waals surface area contributed by atoms with E-state index < -0.39 is 0 Å². The maximum atomic E-state index is 5.40. The number of aromatic amines is 1. The van der Waals surface area contributed by atoms with Crippen LogP contribution in [0, 0.1) is 5.92 Å². The molecule has 1 aromatic carbocycles. The maximum Gasteiger partial charge on any atom is 0.240 e. The van der Waals surface area contributed by atoms with E-state index in [4.69, 9.17) is 4.52 Å². The highest BCUT2D eigenvalue weighted by molar-refractivity contribution is 5.92. The van der Waals surface area contributed by atoms with Crippen LogP contribution in [-0.4, -0.2) is 33.1 Å². The van der Waals surface area contributed by atoms with Crippen molar-refractivity contribution in [2.75, 3.05) is 13.1 Å². The zero-order valence-corrected chi connectivity index (χ0v) is 14.8. The Morgan fingerprint density at radius 1 is 1.28 bits per heavy atom. The Morgan fingerprint density at radius 2 is 2.16 bits per heavy atom. The molecule has 2 aromatic heterocycles. The van der Waals surface area contributed by atoms with Gasteiger partial charge in [0.2, 0.25) is 5.89 Å². The van der Waals surface area contributed by atoms with E-state index in [9.17, 15) is 0 Å². The summed E-state index contributed by atoms with van der Waals surface area (Å²) in [7, 11) is 0. The standard InChI is InChI=1S/C20H24N4O/c1-14(2)11-19-22-20(25-23-19)13-24-9-7-15(8-10-24)17-12-21-18-6-4-3-5-16(17)18/h3-7,12,14,21H,8-11,13H2,1-2H3. The Kier molecular flexibility index (Phi) is 4.40. The average Bonchev–Trinajstić information content (AvgIpc) is 3.22. The molecule has 1 aliphatic heterocycles. The molecule has 3 heterocycles. The van der Waals surface area contributed by atoms with E-state index in [1.807, 2.05) is 0 Å². The van der Waals surface area contributed by atoms with Crippen LogP contribution in [0.15, 0.2) is 41.1 Å². The normalized spacial score (nSPS) is 15.9. The molecule has 5 heteroatoms. The fourth-order valence-electron chi connectivity index (χ4n) is 3.43. The summed E-state index contributed by atoms with van der Waals surface area (Å²) >= 11 is 0. The van der Waals surface area contributed by atoms with Crippen LogP contribution in [-0.2, 0) is 13.0 Å². The number of nitrogens with zero attached hydrogens (tertiary/aromatic N) is 3. The van der Waals surface area contributed by atoms with Gasteiger partial charge < -0.3 is 9.51 Å². The number of benzene rings is 1. The van der Waals surface area contributed by atoms with Crippen molar-refractivity contribution in [1.29, 1.82) is 0 Å². The molecule has 0 spiro atoms. The van der Waals surface area contributed by atoms with Gasteiger partial charge in [-0.05, 0) is 24.0 Å². The van der Waals surface area contributed by atoms with Gasteiger partial charge in [0.05, 0.1) is 6.54 Å². The molecule has 1 N–H and O–H groups in total. The number of fused-ring (bicyclic) bond motifs is 1. The summed E-state index contributed by atoms with van der Waals surface area (Å²) in [4.78, 5) is 10.2. The lowest BCUT2D eigenvalue weighted by molar-refractivity contribution is 0.245. The second kappa shape index (κ2) is 6.84. The van der Waals surface area contributed by atoms with Gasteiger partial charge in [-0.1, -0.05) is 43.3 Å². The van der Waals surface area contributed by atoms with Crippen molar-refractivity contribution < 1.29 is 4.52 Å². The molecule has 5 nitrogen and oxygen atoms in total. The van der Waals surface area contributed by atoms with Crippen LogP contribution >= 0.6 is 0 Å². The molecule has 0 atom stereocenters. The Hall–Kier alpha value is -2.40. The van der Waals surface area contributed by atoms with E-state index in [2.05, 4.69) is 70.4 Å². The van der Waals surface area contributed by atoms with Crippen molar-refractivity contribution in [3.63, 3.8) is 0 Å². The molecule has 3 aromatic rings. The molecule has 0 bridgehead atoms. The minimum absolute atomic E-state index is 0.544. The summed E-state index contributed by atoms with van der Waals surface area (Å²) in [6.07, 6.45) is 6.36. The van der Waals surface area contributed by atoms with Gasteiger partial charge in [-0.15, -0.1) is 0 Å². The van der Waals surface area contributed by atoms with E-state index in [1.165, 1.54) is 22.0 Å². The molecule has 25 heavy (non-hydrogen) atoms. The van der Waals surface area contributed by atoms with Crippen molar-refractivity contribution in [3.05, 3.63) is 53.8 Å². The van der Waals surface area contributed by atoms with Crippen LogP contribution in [0.3, 0.4) is 0 Å². The quantitative estimate of drug-likeness (QED) is 0.764. The smallest absolute Gasteiger partial charge is 0.240 e. The van der Waals surface area contributed by atoms with E-state index in [0.717, 1.165) is 44.2 Å². The summed E-state index contributed by atoms with van der Waals surface area (Å²) in [6, 6.07) is 8.47. The third-order valence-electron chi connectivity index (χ3n) is 4.69. The van der Waals surface area contributed by atoms with Gasteiger partial charge in [-0.25, -0.2) is 0 Å². The molecular formula is C20H24N4O. The molecule has 0 radical (unpaired) electrons. The molecule has 0 fully saturated rings. The zero-order chi connectivity index (χ0) is 17.2. The molecule has 0 saturated carbocycles. The highest BCUT2D eigenvalue weighted by Gasteiger charge is 2.18. The van der Waals surface area contributed by atoms with Crippen molar-refractivity contribution in [2.24, 2.45) is 5.92 Å². The first-order chi connectivity index (χ1) is 12.2. The SMILES string of the molecule is CC(C)Cc1noc(CN2CC=C(c3c[nH]c4ccccc34)CC2)n1. The minimum atomic E-state index is 0.544. The molecule has 130 valence electrons. The van der Waals surface area contributed by atoms with Crippen molar-refractivity contribution in [1.82, 2.24) is 20.0 Å². The highest BCUT2D eigenvalue weighted by Crippen LogP contribution is 2.29. The minimum Gasteiger partial charge on any atom is -0.361 e. The van der Waals surface area contributed by atoms with Gasteiger partial charge in [0.1, 0.15) is 0 Å². The van der Waals surface area contributed by atoms with Crippen LogP contribution in [0.1, 0.15) is 37.5 Å². The third-order valence-corrected chi connectivity index (χ3v) is 4.69. The molecule has 0 unspecified atom stereocenters. The predicted octanol–water partition coefficient (Wildman–Crippen LogP) is 4.04. The summed E-state index contributed by atoms with van der Waals surface area (Å²) in [5, 5.41) is 5.38. The monoisotopic (exact) mass is 336 g/mol. The van der Waals surface area contributed by atoms with E-state index >= 15 is 0 Å². The first kappa shape index (κ1) is 16.1. The lowest BCUT2D eigenvalue weighted by atomic mass is 9.99. The van der Waals surface area contributed by atoms with Crippen LogP contribution < -0.4 is 0 Å². The Labute approximate surface area is 147 Å².